The predicted molar refractivity (Wildman–Crippen MR) is 101 cm³/mol. The summed E-state index contributed by atoms with van der Waals surface area (Å²) in [5.41, 5.74) is 13.6. The molecule has 0 aliphatic carbocycles. The average Bonchev–Trinajstić information content (AvgIpc) is 2.61. The van der Waals surface area contributed by atoms with Crippen molar-refractivity contribution >= 4 is 29.0 Å². The molecular weight excluding hydrogens is 378 g/mol. The summed E-state index contributed by atoms with van der Waals surface area (Å²) in [4.78, 5) is 8.73. The first kappa shape index (κ1) is 18.4. The molecule has 1 heterocycles. The molecule has 5 nitrogen and oxygen atoms in total. The maximum absolute atomic E-state index is 13.0. The summed E-state index contributed by atoms with van der Waals surface area (Å²) in [5, 5.41) is 0.936. The van der Waals surface area contributed by atoms with Gasteiger partial charge in [0.1, 0.15) is 24.0 Å². The number of halogens is 3. The Balaban J connectivity index is 1.95. The quantitative estimate of drug-likeness (QED) is 0.678. The molecule has 0 amide bonds. The summed E-state index contributed by atoms with van der Waals surface area (Å²) < 4.78 is 18.5. The van der Waals surface area contributed by atoms with Gasteiger partial charge in [-0.05, 0) is 42.5 Å². The molecule has 0 saturated carbocycles. The Morgan fingerprint density at radius 1 is 1.04 bits per heavy atom. The molecule has 1 aromatic heterocycles. The molecule has 0 spiro atoms. The zero-order valence-electron chi connectivity index (χ0n) is 13.5. The number of anilines is 1. The Kier molecular flexibility index (Phi) is 5.56. The molecule has 0 aliphatic heterocycles. The summed E-state index contributed by atoms with van der Waals surface area (Å²) >= 11 is 12.2. The second-order valence-corrected chi connectivity index (χ2v) is 6.27. The molecule has 0 radical (unpaired) electrons. The van der Waals surface area contributed by atoms with Gasteiger partial charge in [0.2, 0.25) is 0 Å². The van der Waals surface area contributed by atoms with E-state index in [2.05, 4.69) is 9.97 Å². The highest BCUT2D eigenvalue weighted by atomic mass is 35.5. The zero-order valence-corrected chi connectivity index (χ0v) is 15.1. The van der Waals surface area contributed by atoms with Gasteiger partial charge in [0.05, 0.1) is 10.7 Å². The molecule has 0 atom stereocenters. The van der Waals surface area contributed by atoms with Crippen molar-refractivity contribution in [2.75, 3.05) is 5.73 Å². The first-order valence-electron chi connectivity index (χ1n) is 7.67. The van der Waals surface area contributed by atoms with Gasteiger partial charge < -0.3 is 16.2 Å². The molecule has 3 aromatic rings. The van der Waals surface area contributed by atoms with Crippen LogP contribution in [0.4, 0.5) is 10.2 Å². The van der Waals surface area contributed by atoms with Crippen LogP contribution in [0.5, 0.6) is 5.75 Å². The minimum Gasteiger partial charge on any atom is -0.486 e. The van der Waals surface area contributed by atoms with Crippen molar-refractivity contribution in [2.24, 2.45) is 5.73 Å². The van der Waals surface area contributed by atoms with Gasteiger partial charge in [0, 0.05) is 22.7 Å². The number of hydrogen-bond donors (Lipinski definition) is 2. The van der Waals surface area contributed by atoms with Crippen molar-refractivity contribution in [3.8, 4) is 17.0 Å². The first-order chi connectivity index (χ1) is 12.5. The maximum atomic E-state index is 13.0. The van der Waals surface area contributed by atoms with Gasteiger partial charge in [0.15, 0.2) is 5.82 Å². The van der Waals surface area contributed by atoms with Crippen LogP contribution in [0.15, 0.2) is 42.5 Å². The van der Waals surface area contributed by atoms with Gasteiger partial charge in [0.25, 0.3) is 0 Å². The van der Waals surface area contributed by atoms with Crippen molar-refractivity contribution < 1.29 is 9.13 Å². The van der Waals surface area contributed by atoms with Crippen LogP contribution in [-0.4, -0.2) is 9.97 Å². The number of rotatable bonds is 5. The van der Waals surface area contributed by atoms with E-state index in [1.54, 1.807) is 18.2 Å². The molecule has 0 aliphatic rings. The molecule has 4 N–H and O–H groups in total. The van der Waals surface area contributed by atoms with Crippen LogP contribution < -0.4 is 16.2 Å². The van der Waals surface area contributed by atoms with Gasteiger partial charge >= 0.3 is 0 Å². The second kappa shape index (κ2) is 7.86. The molecule has 2 aromatic carbocycles. The molecule has 8 heteroatoms. The minimum atomic E-state index is -0.343. The summed E-state index contributed by atoms with van der Waals surface area (Å²) in [6.45, 7) is 0.206. The Morgan fingerprint density at radius 2 is 1.77 bits per heavy atom. The van der Waals surface area contributed by atoms with Crippen molar-refractivity contribution in [3.63, 3.8) is 0 Å². The van der Waals surface area contributed by atoms with Crippen molar-refractivity contribution in [2.45, 2.75) is 13.2 Å². The average molecular weight is 393 g/mol. The third-order valence-electron chi connectivity index (χ3n) is 3.66. The van der Waals surface area contributed by atoms with Crippen LogP contribution in [-0.2, 0) is 13.2 Å². The van der Waals surface area contributed by atoms with E-state index in [0.29, 0.717) is 38.4 Å². The fourth-order valence-electron chi connectivity index (χ4n) is 2.40. The van der Waals surface area contributed by atoms with Crippen LogP contribution >= 0.6 is 23.2 Å². The highest BCUT2D eigenvalue weighted by molar-refractivity contribution is 6.36. The SMILES string of the molecule is NCc1c(N)nc(COc2ccc(F)cc2)nc1-c1ccc(Cl)cc1Cl. The predicted octanol–water partition coefficient (Wildman–Crippen LogP) is 4.21. The lowest BCUT2D eigenvalue weighted by molar-refractivity contribution is 0.295. The van der Waals surface area contributed by atoms with Crippen LogP contribution in [0, 0.1) is 5.82 Å². The van der Waals surface area contributed by atoms with E-state index in [-0.39, 0.29) is 24.8 Å². The number of nitrogens with two attached hydrogens (primary N) is 2. The van der Waals surface area contributed by atoms with E-state index in [0.717, 1.165) is 0 Å². The van der Waals surface area contributed by atoms with E-state index < -0.39 is 0 Å². The van der Waals surface area contributed by atoms with Crippen LogP contribution in [0.25, 0.3) is 11.3 Å². The number of ether oxygens (including phenoxy) is 1. The van der Waals surface area contributed by atoms with E-state index in [4.69, 9.17) is 39.4 Å². The number of aromatic nitrogens is 2. The summed E-state index contributed by atoms with van der Waals surface area (Å²) in [5.74, 6) is 0.749. The number of nitrogens with zero attached hydrogens (tertiary/aromatic N) is 2. The largest absolute Gasteiger partial charge is 0.486 e. The van der Waals surface area contributed by atoms with Gasteiger partial charge in [-0.15, -0.1) is 0 Å². The second-order valence-electron chi connectivity index (χ2n) is 5.42. The van der Waals surface area contributed by atoms with Crippen molar-refractivity contribution in [3.05, 3.63) is 69.7 Å². The normalized spacial score (nSPS) is 10.8. The fourth-order valence-corrected chi connectivity index (χ4v) is 2.90. The minimum absolute atomic E-state index is 0.0545. The zero-order chi connectivity index (χ0) is 18.7. The van der Waals surface area contributed by atoms with Gasteiger partial charge in [-0.1, -0.05) is 23.2 Å². The number of nitrogen functional groups attached to an aromatic ring is 1. The summed E-state index contributed by atoms with van der Waals surface area (Å²) in [6.07, 6.45) is 0. The molecular formula is C18H15Cl2FN4O. The highest BCUT2D eigenvalue weighted by Crippen LogP contribution is 2.33. The lowest BCUT2D eigenvalue weighted by atomic mass is 10.1. The van der Waals surface area contributed by atoms with E-state index >= 15 is 0 Å². The van der Waals surface area contributed by atoms with Gasteiger partial charge in [-0.25, -0.2) is 14.4 Å². The van der Waals surface area contributed by atoms with Gasteiger partial charge in [-0.3, -0.25) is 0 Å². The summed E-state index contributed by atoms with van der Waals surface area (Å²) in [6, 6.07) is 10.7. The molecule has 0 unspecified atom stereocenters. The smallest absolute Gasteiger partial charge is 0.168 e. The third kappa shape index (κ3) is 4.04. The molecule has 0 saturated heterocycles. The van der Waals surface area contributed by atoms with Crippen LogP contribution in [0.2, 0.25) is 10.0 Å². The van der Waals surface area contributed by atoms with Crippen LogP contribution in [0.3, 0.4) is 0 Å². The third-order valence-corrected chi connectivity index (χ3v) is 4.21. The standard InChI is InChI=1S/C18H15Cl2FN4O/c19-10-1-6-13(15(20)7-10)17-14(8-22)18(23)25-16(24-17)9-26-12-4-2-11(21)3-5-12/h1-7H,8-9,22H2,(H2,23,24,25). The monoisotopic (exact) mass is 392 g/mol. The van der Waals surface area contributed by atoms with Crippen molar-refractivity contribution in [1.29, 1.82) is 0 Å². The highest BCUT2D eigenvalue weighted by Gasteiger charge is 2.16. The lowest BCUT2D eigenvalue weighted by Gasteiger charge is -2.14. The fraction of sp³-hybridized carbons (Fsp3) is 0.111. The Hall–Kier alpha value is -2.41. The molecule has 0 bridgehead atoms. The Morgan fingerprint density at radius 3 is 2.42 bits per heavy atom. The van der Waals surface area contributed by atoms with Gasteiger partial charge in [-0.2, -0.15) is 0 Å². The molecule has 26 heavy (non-hydrogen) atoms. The molecule has 134 valence electrons. The number of hydrogen-bond acceptors (Lipinski definition) is 5. The molecule has 0 fully saturated rings. The first-order valence-corrected chi connectivity index (χ1v) is 8.42. The van der Waals surface area contributed by atoms with Crippen molar-refractivity contribution in [1.82, 2.24) is 9.97 Å². The lowest BCUT2D eigenvalue weighted by Crippen LogP contribution is -2.12. The summed E-state index contributed by atoms with van der Waals surface area (Å²) in [7, 11) is 0. The Labute approximate surface area is 159 Å². The van der Waals surface area contributed by atoms with E-state index in [1.807, 2.05) is 0 Å². The molecule has 3 rings (SSSR count). The van der Waals surface area contributed by atoms with E-state index in [1.165, 1.54) is 24.3 Å². The van der Waals surface area contributed by atoms with Crippen LogP contribution in [0.1, 0.15) is 11.4 Å². The Bertz CT molecular complexity index is 935. The van der Waals surface area contributed by atoms with E-state index in [9.17, 15) is 4.39 Å². The maximum Gasteiger partial charge on any atom is 0.168 e. The number of benzene rings is 2. The topological polar surface area (TPSA) is 87.1 Å².